The molecule has 0 saturated carbocycles. The van der Waals surface area contributed by atoms with Crippen molar-refractivity contribution in [2.24, 2.45) is 17.6 Å². The van der Waals surface area contributed by atoms with Crippen LogP contribution < -0.4 is 27.0 Å². The lowest BCUT2D eigenvalue weighted by atomic mass is 9.89. The van der Waals surface area contributed by atoms with Crippen molar-refractivity contribution in [3.05, 3.63) is 42.0 Å². The van der Waals surface area contributed by atoms with Gasteiger partial charge in [0.2, 0.25) is 11.8 Å². The van der Waals surface area contributed by atoms with Crippen molar-refractivity contribution < 1.29 is 38.3 Å². The number of ether oxygens (including phenoxy) is 1. The van der Waals surface area contributed by atoms with Crippen LogP contribution in [0, 0.1) is 11.8 Å². The number of nitrogens with two attached hydrogens (primary N) is 1. The Labute approximate surface area is 262 Å². The van der Waals surface area contributed by atoms with Gasteiger partial charge in [0.1, 0.15) is 6.61 Å². The van der Waals surface area contributed by atoms with Crippen molar-refractivity contribution in [2.45, 2.75) is 71.4 Å². The Morgan fingerprint density at radius 1 is 0.933 bits per heavy atom. The van der Waals surface area contributed by atoms with E-state index in [-0.39, 0.29) is 68.4 Å². The van der Waals surface area contributed by atoms with E-state index in [0.717, 1.165) is 4.90 Å². The van der Waals surface area contributed by atoms with Crippen molar-refractivity contribution in [1.29, 1.82) is 0 Å². The molecular weight excluding hydrogens is 584 g/mol. The molecule has 6 N–H and O–H groups in total. The van der Waals surface area contributed by atoms with E-state index in [1.54, 1.807) is 24.3 Å². The van der Waals surface area contributed by atoms with Gasteiger partial charge in [0.05, 0.1) is 6.04 Å². The number of unbranched alkanes of at least 4 members (excludes halogenated alkanes) is 2. The number of hydrogen-bond donors (Lipinski definition) is 5. The first-order chi connectivity index (χ1) is 21.4. The number of urea groups is 1. The number of rotatable bonds is 19. The van der Waals surface area contributed by atoms with E-state index in [2.05, 4.69) is 21.3 Å². The highest BCUT2D eigenvalue weighted by Crippen LogP contribution is 2.20. The minimum absolute atomic E-state index is 0.0541. The molecule has 1 aliphatic rings. The molecule has 1 heterocycles. The van der Waals surface area contributed by atoms with Gasteiger partial charge in [-0.05, 0) is 49.3 Å². The van der Waals surface area contributed by atoms with E-state index >= 15 is 0 Å². The van der Waals surface area contributed by atoms with Crippen LogP contribution in [-0.2, 0) is 35.3 Å². The van der Waals surface area contributed by atoms with Gasteiger partial charge in [-0.25, -0.2) is 9.59 Å². The third-order valence-electron chi connectivity index (χ3n) is 7.16. The van der Waals surface area contributed by atoms with Crippen LogP contribution in [-0.4, -0.2) is 72.6 Å². The molecule has 0 radical (unpaired) electrons. The van der Waals surface area contributed by atoms with E-state index in [1.807, 2.05) is 13.8 Å². The Kier molecular flexibility index (Phi) is 15.2. The predicted octanol–water partition coefficient (Wildman–Crippen LogP) is 2.13. The number of primary amides is 1. The normalized spacial score (nSPS) is 13.7. The summed E-state index contributed by atoms with van der Waals surface area (Å²) in [4.78, 5) is 86.2. The summed E-state index contributed by atoms with van der Waals surface area (Å²) < 4.78 is 5.01. The van der Waals surface area contributed by atoms with Gasteiger partial charge in [-0.15, -0.1) is 0 Å². The molecule has 2 atom stereocenters. The van der Waals surface area contributed by atoms with E-state index in [4.69, 9.17) is 10.5 Å². The van der Waals surface area contributed by atoms with Gasteiger partial charge in [-0.2, -0.15) is 0 Å². The Bertz CT molecular complexity index is 1230. The average molecular weight is 629 g/mol. The summed E-state index contributed by atoms with van der Waals surface area (Å²) in [6.07, 6.45) is 4.32. The number of amides is 7. The van der Waals surface area contributed by atoms with Crippen molar-refractivity contribution in [1.82, 2.24) is 20.9 Å². The Balaban J connectivity index is 1.94. The van der Waals surface area contributed by atoms with Crippen LogP contribution in [0.25, 0.3) is 0 Å². The fourth-order valence-electron chi connectivity index (χ4n) is 4.65. The summed E-state index contributed by atoms with van der Waals surface area (Å²) in [6.45, 7) is 4.19. The number of hydrogen-bond acceptors (Lipinski definition) is 8. The largest absolute Gasteiger partial charge is 0.445 e. The minimum Gasteiger partial charge on any atom is -0.445 e. The molecule has 246 valence electrons. The maximum Gasteiger partial charge on any atom is 0.407 e. The first-order valence-corrected chi connectivity index (χ1v) is 15.0. The number of carbonyl (C=O) groups is 7. The second-order valence-corrected chi connectivity index (χ2v) is 11.1. The average Bonchev–Trinajstić information content (AvgIpc) is 3.32. The molecule has 0 bridgehead atoms. The first kappa shape index (κ1) is 36.4. The molecule has 7 amide bonds. The van der Waals surface area contributed by atoms with E-state index < -0.39 is 30.0 Å². The van der Waals surface area contributed by atoms with Gasteiger partial charge in [0.15, 0.2) is 5.78 Å². The van der Waals surface area contributed by atoms with Gasteiger partial charge in [0.25, 0.3) is 11.8 Å². The number of nitrogens with zero attached hydrogens (tertiary/aromatic N) is 1. The fourth-order valence-corrected chi connectivity index (χ4v) is 4.65. The molecule has 0 aliphatic carbocycles. The Morgan fingerprint density at radius 2 is 1.60 bits per heavy atom. The number of ketones is 1. The highest BCUT2D eigenvalue weighted by molar-refractivity contribution is 6.12. The highest BCUT2D eigenvalue weighted by Gasteiger charge is 2.29. The quantitative estimate of drug-likeness (QED) is 0.113. The van der Waals surface area contributed by atoms with Crippen LogP contribution in [0.4, 0.5) is 15.3 Å². The highest BCUT2D eigenvalue weighted by atomic mass is 16.5. The van der Waals surface area contributed by atoms with E-state index in [9.17, 15) is 33.6 Å². The molecule has 0 aromatic heterocycles. The molecule has 14 heteroatoms. The lowest BCUT2D eigenvalue weighted by Gasteiger charge is -2.24. The van der Waals surface area contributed by atoms with Crippen LogP contribution in [0.15, 0.2) is 36.4 Å². The summed E-state index contributed by atoms with van der Waals surface area (Å²) in [5, 5.41) is 10.5. The predicted molar refractivity (Wildman–Crippen MR) is 165 cm³/mol. The molecule has 0 saturated heterocycles. The SMILES string of the molecule is CNC(=O)OCc1ccc(NC(=O)C(CCCNC(N)=O)CC(=O)C(NC(=O)CCCCCN2C(=O)C=CC2=O)C(C)C)cc1. The van der Waals surface area contributed by atoms with Crippen LogP contribution in [0.2, 0.25) is 0 Å². The number of anilines is 1. The number of alkyl carbamates (subject to hydrolysis) is 1. The van der Waals surface area contributed by atoms with Gasteiger partial charge in [0, 0.05) is 56.7 Å². The topological polar surface area (TPSA) is 206 Å². The molecule has 2 unspecified atom stereocenters. The maximum absolute atomic E-state index is 13.4. The molecule has 1 aromatic rings. The monoisotopic (exact) mass is 628 g/mol. The molecule has 14 nitrogen and oxygen atoms in total. The second-order valence-electron chi connectivity index (χ2n) is 11.1. The van der Waals surface area contributed by atoms with E-state index in [1.165, 1.54) is 19.2 Å². The first-order valence-electron chi connectivity index (χ1n) is 15.0. The molecule has 1 aliphatic heterocycles. The number of imide groups is 1. The molecule has 0 fully saturated rings. The molecule has 2 rings (SSSR count). The summed E-state index contributed by atoms with van der Waals surface area (Å²) in [7, 11) is 1.46. The van der Waals surface area contributed by atoms with Crippen molar-refractivity contribution >= 4 is 47.2 Å². The zero-order valence-corrected chi connectivity index (χ0v) is 26.1. The van der Waals surface area contributed by atoms with Gasteiger partial charge >= 0.3 is 12.1 Å². The number of nitrogens with one attached hydrogen (secondary N) is 4. The van der Waals surface area contributed by atoms with Crippen LogP contribution in [0.1, 0.15) is 64.4 Å². The van der Waals surface area contributed by atoms with Gasteiger partial charge in [-0.3, -0.25) is 28.9 Å². The van der Waals surface area contributed by atoms with Crippen molar-refractivity contribution in [2.75, 3.05) is 25.5 Å². The van der Waals surface area contributed by atoms with Crippen LogP contribution in [0.3, 0.4) is 0 Å². The zero-order valence-electron chi connectivity index (χ0n) is 26.1. The number of carbonyl (C=O) groups excluding carboxylic acids is 7. The van der Waals surface area contributed by atoms with E-state index in [0.29, 0.717) is 36.9 Å². The smallest absolute Gasteiger partial charge is 0.407 e. The minimum atomic E-state index is -0.804. The summed E-state index contributed by atoms with van der Waals surface area (Å²) in [5.74, 6) is -2.64. The molecule has 1 aromatic carbocycles. The van der Waals surface area contributed by atoms with Crippen molar-refractivity contribution in [3.63, 3.8) is 0 Å². The van der Waals surface area contributed by atoms with Crippen LogP contribution in [0.5, 0.6) is 0 Å². The maximum atomic E-state index is 13.4. The number of Topliss-reactive ketones (excluding diaryl/α,β-unsaturated/α-hetero) is 1. The Hall–Kier alpha value is -4.75. The lowest BCUT2D eigenvalue weighted by Crippen LogP contribution is -2.45. The third kappa shape index (κ3) is 13.2. The Morgan fingerprint density at radius 3 is 2.20 bits per heavy atom. The fraction of sp³-hybridized carbons (Fsp3) is 0.516. The zero-order chi connectivity index (χ0) is 33.4. The molecule has 45 heavy (non-hydrogen) atoms. The third-order valence-corrected chi connectivity index (χ3v) is 7.16. The summed E-state index contributed by atoms with van der Waals surface area (Å²) >= 11 is 0. The summed E-state index contributed by atoms with van der Waals surface area (Å²) in [5.41, 5.74) is 6.33. The molecule has 0 spiro atoms. The van der Waals surface area contributed by atoms with Crippen LogP contribution >= 0.6 is 0 Å². The lowest BCUT2D eigenvalue weighted by molar-refractivity contribution is -0.137. The van der Waals surface area contributed by atoms with Crippen molar-refractivity contribution in [3.8, 4) is 0 Å². The van der Waals surface area contributed by atoms with Gasteiger partial charge in [-0.1, -0.05) is 32.4 Å². The van der Waals surface area contributed by atoms with Gasteiger partial charge < -0.3 is 31.7 Å². The number of benzene rings is 1. The standard InChI is InChI=1S/C31H44N6O8/c1-20(2)28(36-25(39)9-5-4-6-17-37-26(40)14-15-27(37)41)24(38)18-22(8-7-16-34-30(32)43)29(42)35-23-12-10-21(11-13-23)19-45-31(44)33-3/h10-15,20,22,28H,4-9,16-19H2,1-3H3,(H,33,44)(H,35,42)(H,36,39)(H3,32,34,43). The second kappa shape index (κ2) is 18.8. The summed E-state index contributed by atoms with van der Waals surface area (Å²) in [6, 6.07) is 5.21. The molecular formula is C31H44N6O8.